The Bertz CT molecular complexity index is 758. The molecule has 0 saturated carbocycles. The molecule has 27 heavy (non-hydrogen) atoms. The van der Waals surface area contributed by atoms with E-state index in [9.17, 15) is 9.59 Å². The van der Waals surface area contributed by atoms with Gasteiger partial charge in [-0.3, -0.25) is 9.59 Å². The lowest BCUT2D eigenvalue weighted by Gasteiger charge is -2.32. The molecule has 1 aromatic heterocycles. The summed E-state index contributed by atoms with van der Waals surface area (Å²) in [6.07, 6.45) is 5.08. The molecule has 2 heterocycles. The third kappa shape index (κ3) is 4.83. The van der Waals surface area contributed by atoms with Crippen LogP contribution in [0, 0.1) is 5.92 Å². The number of hydrogen-bond donors (Lipinski definition) is 2. The molecule has 0 spiro atoms. The maximum Gasteiger partial charge on any atom is 0.225 e. The molecule has 6 nitrogen and oxygen atoms in total. The van der Waals surface area contributed by atoms with E-state index < -0.39 is 0 Å². The smallest absolute Gasteiger partial charge is 0.225 e. The van der Waals surface area contributed by atoms with Crippen LogP contribution in [-0.4, -0.2) is 51.8 Å². The Morgan fingerprint density at radius 3 is 2.96 bits per heavy atom. The maximum atomic E-state index is 12.9. The Hall–Kier alpha value is -2.02. The van der Waals surface area contributed by atoms with Crippen molar-refractivity contribution in [1.82, 2.24) is 20.2 Å². The number of amides is 2. The number of fused-ring (bicyclic) bond motifs is 1. The Morgan fingerprint density at radius 2 is 2.22 bits per heavy atom. The van der Waals surface area contributed by atoms with Crippen molar-refractivity contribution in [2.45, 2.75) is 38.6 Å². The van der Waals surface area contributed by atoms with Gasteiger partial charge in [0.2, 0.25) is 11.8 Å². The first-order valence-corrected chi connectivity index (χ1v) is 11.0. The molecular weight excluding hydrogens is 360 g/mol. The highest BCUT2D eigenvalue weighted by atomic mass is 32.2. The highest BCUT2D eigenvalue weighted by molar-refractivity contribution is 7.98. The molecule has 7 heteroatoms. The van der Waals surface area contributed by atoms with Gasteiger partial charge < -0.3 is 15.2 Å². The van der Waals surface area contributed by atoms with Crippen LogP contribution in [0.2, 0.25) is 0 Å². The van der Waals surface area contributed by atoms with Gasteiger partial charge in [0.1, 0.15) is 5.82 Å². The molecule has 2 atom stereocenters. The maximum absolute atomic E-state index is 12.9. The third-order valence-corrected chi connectivity index (χ3v) is 5.76. The number of carbonyl (C=O) groups excluding carboxylic acids is 2. The molecule has 146 valence electrons. The second-order valence-corrected chi connectivity index (χ2v) is 8.00. The topological polar surface area (TPSA) is 78.1 Å². The molecular formula is C20H28N4O2S. The highest BCUT2D eigenvalue weighted by Gasteiger charge is 2.29. The van der Waals surface area contributed by atoms with Gasteiger partial charge in [-0.2, -0.15) is 11.8 Å². The number of nitrogens with zero attached hydrogens (tertiary/aromatic N) is 2. The minimum atomic E-state index is -0.144. The number of aromatic amines is 1. The molecule has 3 rings (SSSR count). The molecule has 0 unspecified atom stereocenters. The van der Waals surface area contributed by atoms with E-state index in [0.717, 1.165) is 48.4 Å². The summed E-state index contributed by atoms with van der Waals surface area (Å²) < 4.78 is 0. The Kier molecular flexibility index (Phi) is 6.77. The summed E-state index contributed by atoms with van der Waals surface area (Å²) in [4.78, 5) is 34.8. The summed E-state index contributed by atoms with van der Waals surface area (Å²) in [6.45, 7) is 3.15. The Balaban J connectivity index is 1.71. The number of nitrogens with one attached hydrogen (secondary N) is 2. The molecule has 1 aliphatic heterocycles. The van der Waals surface area contributed by atoms with Crippen LogP contribution in [0.15, 0.2) is 24.3 Å². The molecule has 1 aliphatic rings. The molecule has 2 amide bonds. The fraction of sp³-hybridized carbons (Fsp3) is 0.550. The zero-order chi connectivity index (χ0) is 19.2. The predicted octanol–water partition coefficient (Wildman–Crippen LogP) is 3.12. The van der Waals surface area contributed by atoms with Gasteiger partial charge in [-0.1, -0.05) is 19.1 Å². The van der Waals surface area contributed by atoms with E-state index in [4.69, 9.17) is 0 Å². The van der Waals surface area contributed by atoms with Crippen molar-refractivity contribution in [2.75, 3.05) is 25.1 Å². The predicted molar refractivity (Wildman–Crippen MR) is 110 cm³/mol. The van der Waals surface area contributed by atoms with Crippen LogP contribution in [0.3, 0.4) is 0 Å². The molecule has 1 aromatic carbocycles. The van der Waals surface area contributed by atoms with Crippen molar-refractivity contribution in [3.63, 3.8) is 0 Å². The van der Waals surface area contributed by atoms with Crippen LogP contribution in [-0.2, 0) is 9.59 Å². The lowest BCUT2D eigenvalue weighted by Crippen LogP contribution is -2.46. The second kappa shape index (κ2) is 9.26. The third-order valence-electron chi connectivity index (χ3n) is 5.11. The summed E-state index contributed by atoms with van der Waals surface area (Å²) in [7, 11) is 0. The van der Waals surface area contributed by atoms with Gasteiger partial charge in [-0.15, -0.1) is 0 Å². The number of benzene rings is 1. The molecule has 1 fully saturated rings. The van der Waals surface area contributed by atoms with Crippen LogP contribution in [0.1, 0.15) is 44.5 Å². The standard InChI is InChI=1S/C20H28N4O2S/c1-3-18(25)24-11-6-7-14(13-24)20(26)23-17(10-12-27-2)19-21-15-8-4-5-9-16(15)22-19/h4-5,8-9,14,17H,3,6-7,10-13H2,1-2H3,(H,21,22)(H,23,26)/t14-,17-/m1/s1. The SMILES string of the molecule is CCC(=O)N1CCC[C@@H](C(=O)N[C@H](CCSC)c2nc3ccccc3[nH]2)C1. The van der Waals surface area contributed by atoms with E-state index in [0.29, 0.717) is 13.0 Å². The second-order valence-electron chi connectivity index (χ2n) is 7.01. The number of rotatable bonds is 7. The van der Waals surface area contributed by atoms with Gasteiger partial charge in [0, 0.05) is 19.5 Å². The van der Waals surface area contributed by atoms with Crippen molar-refractivity contribution in [1.29, 1.82) is 0 Å². The largest absolute Gasteiger partial charge is 0.346 e. The molecule has 2 N–H and O–H groups in total. The van der Waals surface area contributed by atoms with Gasteiger partial charge in [-0.05, 0) is 43.4 Å². The molecule has 1 saturated heterocycles. The summed E-state index contributed by atoms with van der Waals surface area (Å²) in [5, 5.41) is 3.19. The lowest BCUT2D eigenvalue weighted by molar-refractivity contribution is -0.135. The number of para-hydroxylation sites is 2. The number of carbonyl (C=O) groups is 2. The minimum absolute atomic E-state index is 0.0233. The minimum Gasteiger partial charge on any atom is -0.346 e. The van der Waals surface area contributed by atoms with E-state index in [2.05, 4.69) is 21.5 Å². The first-order valence-electron chi connectivity index (χ1n) is 9.64. The quantitative estimate of drug-likeness (QED) is 0.764. The van der Waals surface area contributed by atoms with Gasteiger partial charge in [0.05, 0.1) is 23.0 Å². The molecule has 0 aliphatic carbocycles. The number of aromatic nitrogens is 2. The normalized spacial score (nSPS) is 18.4. The van der Waals surface area contributed by atoms with Gasteiger partial charge in [-0.25, -0.2) is 4.98 Å². The first kappa shape index (κ1) is 19.7. The highest BCUT2D eigenvalue weighted by Crippen LogP contribution is 2.23. The monoisotopic (exact) mass is 388 g/mol. The number of hydrogen-bond acceptors (Lipinski definition) is 4. The number of thioether (sulfide) groups is 1. The van der Waals surface area contributed by atoms with Crippen molar-refractivity contribution in [3.8, 4) is 0 Å². The van der Waals surface area contributed by atoms with Gasteiger partial charge >= 0.3 is 0 Å². The zero-order valence-corrected chi connectivity index (χ0v) is 16.8. The van der Waals surface area contributed by atoms with Crippen molar-refractivity contribution < 1.29 is 9.59 Å². The fourth-order valence-electron chi connectivity index (χ4n) is 3.58. The van der Waals surface area contributed by atoms with Crippen molar-refractivity contribution in [3.05, 3.63) is 30.1 Å². The Morgan fingerprint density at radius 1 is 1.41 bits per heavy atom. The van der Waals surface area contributed by atoms with E-state index >= 15 is 0 Å². The molecule has 0 bridgehead atoms. The average Bonchev–Trinajstić information content (AvgIpc) is 3.14. The van der Waals surface area contributed by atoms with Crippen LogP contribution < -0.4 is 5.32 Å². The van der Waals surface area contributed by atoms with Crippen LogP contribution in [0.5, 0.6) is 0 Å². The van der Waals surface area contributed by atoms with Crippen LogP contribution in [0.25, 0.3) is 11.0 Å². The summed E-state index contributed by atoms with van der Waals surface area (Å²) >= 11 is 1.76. The number of imidazole rings is 1. The number of H-pyrrole nitrogens is 1. The van der Waals surface area contributed by atoms with E-state index in [-0.39, 0.29) is 23.8 Å². The summed E-state index contributed by atoms with van der Waals surface area (Å²) in [6, 6.07) is 7.76. The number of likely N-dealkylation sites (tertiary alicyclic amines) is 1. The first-order chi connectivity index (χ1) is 13.1. The molecule has 0 radical (unpaired) electrons. The average molecular weight is 389 g/mol. The van der Waals surface area contributed by atoms with E-state index in [1.165, 1.54) is 0 Å². The molecule has 2 aromatic rings. The fourth-order valence-corrected chi connectivity index (χ4v) is 4.05. The number of piperidine rings is 1. The van der Waals surface area contributed by atoms with Gasteiger partial charge in [0.25, 0.3) is 0 Å². The van der Waals surface area contributed by atoms with Crippen molar-refractivity contribution >= 4 is 34.6 Å². The Labute approximate surface area is 164 Å². The van der Waals surface area contributed by atoms with Gasteiger partial charge in [0.15, 0.2) is 0 Å². The summed E-state index contributed by atoms with van der Waals surface area (Å²) in [5.41, 5.74) is 1.89. The zero-order valence-electron chi connectivity index (χ0n) is 16.0. The van der Waals surface area contributed by atoms with E-state index in [1.807, 2.05) is 36.1 Å². The van der Waals surface area contributed by atoms with Crippen molar-refractivity contribution in [2.24, 2.45) is 5.92 Å². The van der Waals surface area contributed by atoms with Crippen LogP contribution >= 0.6 is 11.8 Å². The summed E-state index contributed by atoms with van der Waals surface area (Å²) in [5.74, 6) is 1.75. The lowest BCUT2D eigenvalue weighted by atomic mass is 9.96. The van der Waals surface area contributed by atoms with E-state index in [1.54, 1.807) is 11.8 Å². The van der Waals surface area contributed by atoms with Crippen LogP contribution in [0.4, 0.5) is 0 Å².